The lowest BCUT2D eigenvalue weighted by Crippen LogP contribution is -2.45. The monoisotopic (exact) mass is 407 g/mol. The van der Waals surface area contributed by atoms with Crippen molar-refractivity contribution < 1.29 is 13.2 Å². The van der Waals surface area contributed by atoms with Crippen LogP contribution in [0.25, 0.3) is 10.6 Å². The van der Waals surface area contributed by atoms with Crippen LogP contribution in [0.1, 0.15) is 24.1 Å². The Hall–Kier alpha value is -1.77. The zero-order chi connectivity index (χ0) is 19.4. The first-order valence-electron chi connectivity index (χ1n) is 9.07. The molecule has 1 N–H and O–H groups in total. The molecule has 1 aromatic carbocycles. The van der Waals surface area contributed by atoms with Crippen LogP contribution in [-0.2, 0) is 21.2 Å². The summed E-state index contributed by atoms with van der Waals surface area (Å²) in [5, 5.41) is 5.93. The summed E-state index contributed by atoms with van der Waals surface area (Å²) in [5.74, 6) is -0.343. The highest BCUT2D eigenvalue weighted by Gasteiger charge is 2.29. The predicted molar refractivity (Wildman–Crippen MR) is 108 cm³/mol. The summed E-state index contributed by atoms with van der Waals surface area (Å²) in [5.41, 5.74) is 3.27. The van der Waals surface area contributed by atoms with Crippen LogP contribution in [0, 0.1) is 12.8 Å². The molecule has 27 heavy (non-hydrogen) atoms. The number of nitrogens with one attached hydrogen (secondary N) is 1. The Labute approximate surface area is 164 Å². The maximum atomic E-state index is 12.4. The van der Waals surface area contributed by atoms with Crippen LogP contribution in [-0.4, -0.2) is 49.5 Å². The number of piperidine rings is 1. The fraction of sp³-hybridized carbons (Fsp3) is 0.474. The summed E-state index contributed by atoms with van der Waals surface area (Å²) < 4.78 is 24.8. The maximum absolute atomic E-state index is 12.4. The number of carbonyl (C=O) groups is 1. The van der Waals surface area contributed by atoms with Crippen LogP contribution < -0.4 is 5.32 Å². The molecule has 0 spiro atoms. The molecule has 1 fully saturated rings. The van der Waals surface area contributed by atoms with Gasteiger partial charge in [-0.2, -0.15) is 0 Å². The lowest BCUT2D eigenvalue weighted by Gasteiger charge is -2.30. The molecule has 2 heterocycles. The minimum absolute atomic E-state index is 0.0719. The van der Waals surface area contributed by atoms with Crippen LogP contribution in [0.15, 0.2) is 29.6 Å². The normalized spacial score (nSPS) is 18.4. The quantitative estimate of drug-likeness (QED) is 0.798. The molecule has 2 aromatic rings. The average molecular weight is 408 g/mol. The lowest BCUT2D eigenvalue weighted by molar-refractivity contribution is -0.126. The van der Waals surface area contributed by atoms with E-state index in [4.69, 9.17) is 0 Å². The number of aryl methyl sites for hydroxylation is 1. The Morgan fingerprint density at radius 1 is 1.33 bits per heavy atom. The number of hydrogen-bond donors (Lipinski definition) is 1. The number of thiazole rings is 1. The molecule has 1 saturated heterocycles. The number of sulfonamides is 1. The van der Waals surface area contributed by atoms with Gasteiger partial charge < -0.3 is 5.32 Å². The highest BCUT2D eigenvalue weighted by Crippen LogP contribution is 2.24. The fourth-order valence-electron chi connectivity index (χ4n) is 3.17. The molecule has 1 amide bonds. The van der Waals surface area contributed by atoms with E-state index in [1.807, 2.05) is 5.38 Å². The van der Waals surface area contributed by atoms with Crippen molar-refractivity contribution in [2.75, 3.05) is 25.9 Å². The van der Waals surface area contributed by atoms with E-state index in [0.717, 1.165) is 29.1 Å². The van der Waals surface area contributed by atoms with E-state index in [9.17, 15) is 13.2 Å². The van der Waals surface area contributed by atoms with Crippen LogP contribution in [0.3, 0.4) is 0 Å². The topological polar surface area (TPSA) is 79.4 Å². The van der Waals surface area contributed by atoms with Crippen molar-refractivity contribution >= 4 is 27.3 Å². The van der Waals surface area contributed by atoms with Gasteiger partial charge in [0.1, 0.15) is 5.01 Å². The Morgan fingerprint density at radius 2 is 2.07 bits per heavy atom. The molecule has 0 radical (unpaired) electrons. The largest absolute Gasteiger partial charge is 0.355 e. The van der Waals surface area contributed by atoms with Crippen LogP contribution in [0.2, 0.25) is 0 Å². The Morgan fingerprint density at radius 3 is 2.78 bits per heavy atom. The van der Waals surface area contributed by atoms with Crippen molar-refractivity contribution in [1.82, 2.24) is 14.6 Å². The van der Waals surface area contributed by atoms with Gasteiger partial charge in [-0.05, 0) is 19.8 Å². The minimum Gasteiger partial charge on any atom is -0.355 e. The fourth-order valence-corrected chi connectivity index (χ4v) is 4.94. The molecule has 8 heteroatoms. The van der Waals surface area contributed by atoms with E-state index in [1.165, 1.54) is 16.1 Å². The van der Waals surface area contributed by atoms with Crippen molar-refractivity contribution in [3.8, 4) is 10.6 Å². The van der Waals surface area contributed by atoms with Gasteiger partial charge >= 0.3 is 0 Å². The number of nitrogens with zero attached hydrogens (tertiary/aromatic N) is 2. The Kier molecular flexibility index (Phi) is 6.29. The van der Waals surface area contributed by atoms with Crippen molar-refractivity contribution in [3.05, 3.63) is 40.9 Å². The molecular formula is C19H25N3O3S2. The standard InChI is InChI=1S/C19H25N3O3S2/c1-14-5-7-15(8-6-14)19-21-17(13-26-19)9-10-20-18(23)16-4-3-11-22(12-16)27(2,24)25/h5-8,13,16H,3-4,9-12H2,1-2H3,(H,20,23). The average Bonchev–Trinajstić information content (AvgIpc) is 3.10. The van der Waals surface area contributed by atoms with Gasteiger partial charge in [-0.3, -0.25) is 4.79 Å². The smallest absolute Gasteiger partial charge is 0.224 e. The van der Waals surface area contributed by atoms with Gasteiger partial charge in [0.2, 0.25) is 15.9 Å². The van der Waals surface area contributed by atoms with E-state index in [1.54, 1.807) is 11.3 Å². The van der Waals surface area contributed by atoms with E-state index in [-0.39, 0.29) is 18.4 Å². The summed E-state index contributed by atoms with van der Waals surface area (Å²) in [4.78, 5) is 17.0. The van der Waals surface area contributed by atoms with Gasteiger partial charge in [-0.1, -0.05) is 29.8 Å². The lowest BCUT2D eigenvalue weighted by atomic mass is 9.99. The third-order valence-corrected chi connectivity index (χ3v) is 6.96. The van der Waals surface area contributed by atoms with Crippen LogP contribution in [0.5, 0.6) is 0 Å². The van der Waals surface area contributed by atoms with Gasteiger partial charge in [0, 0.05) is 37.0 Å². The molecule has 1 aliphatic heterocycles. The highest BCUT2D eigenvalue weighted by atomic mass is 32.2. The number of hydrogen-bond acceptors (Lipinski definition) is 5. The molecule has 1 aromatic heterocycles. The van der Waals surface area contributed by atoms with Gasteiger partial charge in [-0.25, -0.2) is 17.7 Å². The van der Waals surface area contributed by atoms with Gasteiger partial charge in [0.25, 0.3) is 0 Å². The summed E-state index contributed by atoms with van der Waals surface area (Å²) in [6.07, 6.45) is 3.31. The third kappa shape index (κ3) is 5.37. The maximum Gasteiger partial charge on any atom is 0.224 e. The number of aromatic nitrogens is 1. The first-order valence-corrected chi connectivity index (χ1v) is 11.8. The molecule has 146 valence electrons. The summed E-state index contributed by atoms with van der Waals surface area (Å²) >= 11 is 1.60. The van der Waals surface area contributed by atoms with Crippen molar-refractivity contribution in [2.45, 2.75) is 26.2 Å². The second kappa shape index (κ2) is 8.50. The van der Waals surface area contributed by atoms with Crippen molar-refractivity contribution in [1.29, 1.82) is 0 Å². The summed E-state index contributed by atoms with van der Waals surface area (Å²) in [6.45, 7) is 3.34. The van der Waals surface area contributed by atoms with E-state index < -0.39 is 10.0 Å². The number of amides is 1. The molecule has 0 saturated carbocycles. The molecule has 6 nitrogen and oxygen atoms in total. The van der Waals surface area contributed by atoms with Gasteiger partial charge in [-0.15, -0.1) is 11.3 Å². The second-order valence-corrected chi connectivity index (χ2v) is 9.85. The molecule has 1 unspecified atom stereocenters. The molecular weight excluding hydrogens is 382 g/mol. The zero-order valence-corrected chi connectivity index (χ0v) is 17.3. The molecule has 0 aliphatic carbocycles. The second-order valence-electron chi connectivity index (χ2n) is 7.01. The molecule has 0 bridgehead atoms. The van der Waals surface area contributed by atoms with Crippen LogP contribution >= 0.6 is 11.3 Å². The van der Waals surface area contributed by atoms with Crippen LogP contribution in [0.4, 0.5) is 0 Å². The van der Waals surface area contributed by atoms with E-state index in [2.05, 4.69) is 41.5 Å². The van der Waals surface area contributed by atoms with Crippen molar-refractivity contribution in [2.24, 2.45) is 5.92 Å². The SMILES string of the molecule is Cc1ccc(-c2nc(CCNC(=O)C3CCCN(S(C)(=O)=O)C3)cs2)cc1. The van der Waals surface area contributed by atoms with Crippen molar-refractivity contribution in [3.63, 3.8) is 0 Å². The number of benzene rings is 1. The van der Waals surface area contributed by atoms with E-state index in [0.29, 0.717) is 19.5 Å². The predicted octanol–water partition coefficient (Wildman–Crippen LogP) is 2.45. The summed E-state index contributed by atoms with van der Waals surface area (Å²) in [6, 6.07) is 8.27. The highest BCUT2D eigenvalue weighted by molar-refractivity contribution is 7.88. The Bertz CT molecular complexity index is 891. The van der Waals surface area contributed by atoms with E-state index >= 15 is 0 Å². The summed E-state index contributed by atoms with van der Waals surface area (Å²) in [7, 11) is -3.24. The molecule has 1 atom stereocenters. The zero-order valence-electron chi connectivity index (χ0n) is 15.6. The number of rotatable bonds is 6. The third-order valence-electron chi connectivity index (χ3n) is 4.75. The minimum atomic E-state index is -3.24. The Balaban J connectivity index is 1.50. The van der Waals surface area contributed by atoms with Gasteiger partial charge in [0.05, 0.1) is 17.9 Å². The van der Waals surface area contributed by atoms with Gasteiger partial charge in [0.15, 0.2) is 0 Å². The number of carbonyl (C=O) groups excluding carboxylic acids is 1. The first-order chi connectivity index (χ1) is 12.8. The molecule has 3 rings (SSSR count). The molecule has 1 aliphatic rings. The first kappa shape index (κ1) is 20.0.